The zero-order chi connectivity index (χ0) is 8.60. The zero-order valence-electron chi connectivity index (χ0n) is 7.25. The largest absolute Gasteiger partial charge is 0.465 e. The van der Waals surface area contributed by atoms with E-state index in [-0.39, 0.29) is 0 Å². The molecule has 1 aliphatic heterocycles. The Labute approximate surface area is 72.4 Å². The van der Waals surface area contributed by atoms with E-state index in [1.165, 1.54) is 25.7 Å². The molecule has 0 aromatic heterocycles. The SMILES string of the molecule is O=C(O)N1CCCC2(CCC2)C1. The average molecular weight is 169 g/mol. The van der Waals surface area contributed by atoms with Gasteiger partial charge in [0.05, 0.1) is 0 Å². The van der Waals surface area contributed by atoms with Crippen LogP contribution in [0.4, 0.5) is 4.79 Å². The van der Waals surface area contributed by atoms with Gasteiger partial charge in [-0.2, -0.15) is 0 Å². The van der Waals surface area contributed by atoms with E-state index in [4.69, 9.17) is 5.11 Å². The highest BCUT2D eigenvalue weighted by Gasteiger charge is 2.41. The summed E-state index contributed by atoms with van der Waals surface area (Å²) < 4.78 is 0. The van der Waals surface area contributed by atoms with Crippen LogP contribution >= 0.6 is 0 Å². The molecule has 0 aromatic rings. The highest BCUT2D eigenvalue weighted by Crippen LogP contribution is 2.47. The van der Waals surface area contributed by atoms with Crippen LogP contribution in [-0.2, 0) is 0 Å². The first-order valence-electron chi connectivity index (χ1n) is 4.70. The molecule has 12 heavy (non-hydrogen) atoms. The second kappa shape index (κ2) is 2.64. The van der Waals surface area contributed by atoms with Crippen LogP contribution in [0.1, 0.15) is 32.1 Å². The first-order valence-corrected chi connectivity index (χ1v) is 4.70. The topological polar surface area (TPSA) is 40.5 Å². The van der Waals surface area contributed by atoms with Crippen LogP contribution in [0.5, 0.6) is 0 Å². The van der Waals surface area contributed by atoms with Crippen molar-refractivity contribution in [3.63, 3.8) is 0 Å². The third kappa shape index (κ3) is 1.17. The van der Waals surface area contributed by atoms with E-state index < -0.39 is 6.09 Å². The van der Waals surface area contributed by atoms with Gasteiger partial charge in [-0.1, -0.05) is 6.42 Å². The normalized spacial score (nSPS) is 26.8. The predicted octanol–water partition coefficient (Wildman–Crippen LogP) is 1.93. The Hall–Kier alpha value is -0.730. The van der Waals surface area contributed by atoms with Crippen LogP contribution in [-0.4, -0.2) is 29.2 Å². The second-order valence-corrected chi connectivity index (χ2v) is 4.16. The summed E-state index contributed by atoms with van der Waals surface area (Å²) in [6.45, 7) is 1.54. The van der Waals surface area contributed by atoms with Gasteiger partial charge in [-0.25, -0.2) is 4.79 Å². The number of nitrogens with zero attached hydrogens (tertiary/aromatic N) is 1. The third-order valence-electron chi connectivity index (χ3n) is 3.35. The van der Waals surface area contributed by atoms with Crippen molar-refractivity contribution in [1.29, 1.82) is 0 Å². The average Bonchev–Trinajstić information content (AvgIpc) is 2.02. The zero-order valence-corrected chi connectivity index (χ0v) is 7.25. The predicted molar refractivity (Wildman–Crippen MR) is 45.1 cm³/mol. The van der Waals surface area contributed by atoms with E-state index in [0.717, 1.165) is 19.5 Å². The van der Waals surface area contributed by atoms with Crippen LogP contribution in [0, 0.1) is 5.41 Å². The first kappa shape index (κ1) is 7.90. The summed E-state index contributed by atoms with van der Waals surface area (Å²) in [6.07, 6.45) is 5.37. The van der Waals surface area contributed by atoms with Gasteiger partial charge in [0.25, 0.3) is 0 Å². The summed E-state index contributed by atoms with van der Waals surface area (Å²) in [5.41, 5.74) is 0.399. The van der Waals surface area contributed by atoms with E-state index >= 15 is 0 Å². The van der Waals surface area contributed by atoms with Crippen molar-refractivity contribution in [2.45, 2.75) is 32.1 Å². The lowest BCUT2D eigenvalue weighted by molar-refractivity contribution is 0.0240. The molecule has 68 valence electrons. The van der Waals surface area contributed by atoms with Crippen LogP contribution in [0.3, 0.4) is 0 Å². The number of hydrogen-bond donors (Lipinski definition) is 1. The first-order chi connectivity index (χ1) is 5.72. The summed E-state index contributed by atoms with van der Waals surface area (Å²) >= 11 is 0. The summed E-state index contributed by atoms with van der Waals surface area (Å²) in [5.74, 6) is 0. The van der Waals surface area contributed by atoms with E-state index in [2.05, 4.69) is 0 Å². The number of piperidine rings is 1. The maximum absolute atomic E-state index is 10.7. The van der Waals surface area contributed by atoms with Crippen molar-refractivity contribution in [3.8, 4) is 0 Å². The number of amides is 1. The van der Waals surface area contributed by atoms with Crippen molar-refractivity contribution in [1.82, 2.24) is 4.90 Å². The van der Waals surface area contributed by atoms with Gasteiger partial charge in [0.1, 0.15) is 0 Å². The van der Waals surface area contributed by atoms with Gasteiger partial charge in [-0.05, 0) is 31.1 Å². The van der Waals surface area contributed by atoms with Crippen molar-refractivity contribution in [2.24, 2.45) is 5.41 Å². The molecule has 0 aromatic carbocycles. The van der Waals surface area contributed by atoms with Crippen molar-refractivity contribution >= 4 is 6.09 Å². The van der Waals surface area contributed by atoms with Crippen molar-refractivity contribution in [2.75, 3.05) is 13.1 Å². The monoisotopic (exact) mass is 169 g/mol. The summed E-state index contributed by atoms with van der Waals surface area (Å²) in [5, 5.41) is 8.82. The van der Waals surface area contributed by atoms with E-state index in [0.29, 0.717) is 5.41 Å². The van der Waals surface area contributed by atoms with Gasteiger partial charge in [0.15, 0.2) is 0 Å². The molecule has 2 aliphatic rings. The molecule has 0 bridgehead atoms. The molecule has 1 amide bonds. The smallest absolute Gasteiger partial charge is 0.407 e. The number of carboxylic acid groups (broad SMARTS) is 1. The summed E-state index contributed by atoms with van der Waals surface area (Å²) in [7, 11) is 0. The van der Waals surface area contributed by atoms with Crippen LogP contribution in [0.2, 0.25) is 0 Å². The maximum atomic E-state index is 10.7. The molecule has 2 rings (SSSR count). The number of carbonyl (C=O) groups is 1. The van der Waals surface area contributed by atoms with Gasteiger partial charge in [0, 0.05) is 13.1 Å². The van der Waals surface area contributed by atoms with E-state index in [9.17, 15) is 4.79 Å². The van der Waals surface area contributed by atoms with Crippen LogP contribution < -0.4 is 0 Å². The molecule has 1 heterocycles. The lowest BCUT2D eigenvalue weighted by atomic mass is 9.64. The molecule has 0 radical (unpaired) electrons. The molecule has 1 spiro atoms. The Morgan fingerprint density at radius 2 is 1.92 bits per heavy atom. The Balaban J connectivity index is 1.98. The minimum atomic E-state index is -0.735. The Kier molecular flexibility index (Phi) is 1.74. The maximum Gasteiger partial charge on any atom is 0.407 e. The van der Waals surface area contributed by atoms with Crippen molar-refractivity contribution in [3.05, 3.63) is 0 Å². The summed E-state index contributed by atoms with van der Waals surface area (Å²) in [6, 6.07) is 0. The third-order valence-corrected chi connectivity index (χ3v) is 3.35. The number of likely N-dealkylation sites (tertiary alicyclic amines) is 1. The van der Waals surface area contributed by atoms with Crippen molar-refractivity contribution < 1.29 is 9.90 Å². The molecule has 2 fully saturated rings. The molecule has 1 N–H and O–H groups in total. The van der Waals surface area contributed by atoms with Crippen LogP contribution in [0.15, 0.2) is 0 Å². The fourth-order valence-corrected chi connectivity index (χ4v) is 2.46. The van der Waals surface area contributed by atoms with Gasteiger partial charge < -0.3 is 10.0 Å². The van der Waals surface area contributed by atoms with Gasteiger partial charge in [-0.15, -0.1) is 0 Å². The lowest BCUT2D eigenvalue weighted by Gasteiger charge is -2.48. The van der Waals surface area contributed by atoms with Gasteiger partial charge in [-0.3, -0.25) is 0 Å². The Bertz CT molecular complexity index is 199. The van der Waals surface area contributed by atoms with Gasteiger partial charge in [0.2, 0.25) is 0 Å². The highest BCUT2D eigenvalue weighted by atomic mass is 16.4. The highest BCUT2D eigenvalue weighted by molar-refractivity contribution is 5.65. The second-order valence-electron chi connectivity index (χ2n) is 4.16. The molecule has 3 nitrogen and oxygen atoms in total. The quantitative estimate of drug-likeness (QED) is 0.602. The van der Waals surface area contributed by atoms with Gasteiger partial charge >= 0.3 is 6.09 Å². The molecule has 1 aliphatic carbocycles. The fourth-order valence-electron chi connectivity index (χ4n) is 2.46. The molecular formula is C9H15NO2. The Morgan fingerprint density at radius 3 is 2.42 bits per heavy atom. The number of rotatable bonds is 0. The standard InChI is InChI=1S/C9H15NO2/c11-8(12)10-6-2-5-9(7-10)3-1-4-9/h1-7H2,(H,11,12). The lowest BCUT2D eigenvalue weighted by Crippen LogP contribution is -2.48. The summed E-state index contributed by atoms with van der Waals surface area (Å²) in [4.78, 5) is 12.3. The minimum Gasteiger partial charge on any atom is -0.465 e. The molecule has 1 saturated carbocycles. The van der Waals surface area contributed by atoms with E-state index in [1.807, 2.05) is 0 Å². The minimum absolute atomic E-state index is 0.399. The van der Waals surface area contributed by atoms with E-state index in [1.54, 1.807) is 4.90 Å². The fraction of sp³-hybridized carbons (Fsp3) is 0.889. The van der Waals surface area contributed by atoms with Crippen LogP contribution in [0.25, 0.3) is 0 Å². The number of hydrogen-bond acceptors (Lipinski definition) is 1. The molecular weight excluding hydrogens is 154 g/mol. The molecule has 0 atom stereocenters. The molecule has 3 heteroatoms. The molecule has 0 unspecified atom stereocenters. The molecule has 1 saturated heterocycles. The Morgan fingerprint density at radius 1 is 1.25 bits per heavy atom.